The van der Waals surface area contributed by atoms with Crippen LogP contribution < -0.4 is 9.47 Å². The van der Waals surface area contributed by atoms with Gasteiger partial charge in [0.25, 0.3) is 0 Å². The Morgan fingerprint density at radius 1 is 0.786 bits per heavy atom. The third-order valence-corrected chi connectivity index (χ3v) is 9.68. The Bertz CT molecular complexity index is 1110. The molecule has 0 aliphatic carbocycles. The number of ether oxygens (including phenoxy) is 4. The molecule has 0 radical (unpaired) electrons. The Morgan fingerprint density at radius 3 is 1.93 bits per heavy atom. The molecule has 2 aromatic carbocycles. The summed E-state index contributed by atoms with van der Waals surface area (Å²) in [5, 5.41) is 0.425. The normalized spacial score (nSPS) is 19.7. The molecule has 0 spiro atoms. The van der Waals surface area contributed by atoms with Crippen molar-refractivity contribution in [2.45, 2.75) is 81.8 Å². The zero-order valence-corrected chi connectivity index (χ0v) is 26.1. The fraction of sp³-hybridized carbons (Fsp3) is 0.576. The lowest BCUT2D eigenvalue weighted by atomic mass is 10.0. The smallest absolute Gasteiger partial charge is 0.321 e. The van der Waals surface area contributed by atoms with E-state index in [1.54, 1.807) is 14.2 Å². The van der Waals surface area contributed by atoms with Crippen molar-refractivity contribution < 1.29 is 28.5 Å². The van der Waals surface area contributed by atoms with E-state index in [1.165, 1.54) is 7.11 Å². The number of esters is 1. The van der Waals surface area contributed by atoms with Gasteiger partial charge in [-0.2, -0.15) is 11.8 Å². The van der Waals surface area contributed by atoms with Crippen molar-refractivity contribution in [2.24, 2.45) is 0 Å². The number of rotatable bonds is 18. The van der Waals surface area contributed by atoms with Gasteiger partial charge >= 0.3 is 12.0 Å². The molecule has 3 atom stereocenters. The molecule has 0 bridgehead atoms. The zero-order valence-electron chi connectivity index (χ0n) is 25.3. The summed E-state index contributed by atoms with van der Waals surface area (Å²) in [5.41, 5.74) is 2.23. The number of nitrogens with zero attached hydrogens (tertiary/aromatic N) is 2. The zero-order chi connectivity index (χ0) is 29.7. The van der Waals surface area contributed by atoms with Crippen LogP contribution in [0.2, 0.25) is 0 Å². The summed E-state index contributed by atoms with van der Waals surface area (Å²) in [5.74, 6) is 2.47. The number of carbonyl (C=O) groups excluding carboxylic acids is 2. The summed E-state index contributed by atoms with van der Waals surface area (Å²) >= 11 is 2.02. The number of amides is 2. The molecule has 0 unspecified atom stereocenters. The van der Waals surface area contributed by atoms with E-state index in [0.717, 1.165) is 86.5 Å². The number of methoxy groups -OCH3 is 3. The first-order valence-electron chi connectivity index (χ1n) is 15.1. The molecule has 0 N–H and O–H groups in total. The highest BCUT2D eigenvalue weighted by Crippen LogP contribution is 2.43. The van der Waals surface area contributed by atoms with Crippen molar-refractivity contribution in [3.63, 3.8) is 0 Å². The minimum Gasteiger partial charge on any atom is -0.497 e. The Morgan fingerprint density at radius 2 is 1.36 bits per heavy atom. The van der Waals surface area contributed by atoms with Gasteiger partial charge < -0.3 is 28.7 Å². The van der Waals surface area contributed by atoms with Gasteiger partial charge in [-0.1, -0.05) is 43.5 Å². The predicted molar refractivity (Wildman–Crippen MR) is 166 cm³/mol. The molecule has 8 nitrogen and oxygen atoms in total. The van der Waals surface area contributed by atoms with Gasteiger partial charge in [0.1, 0.15) is 11.5 Å². The lowest BCUT2D eigenvalue weighted by Gasteiger charge is -2.27. The molecule has 2 aliphatic heterocycles. The largest absolute Gasteiger partial charge is 0.497 e. The van der Waals surface area contributed by atoms with E-state index in [4.69, 9.17) is 14.2 Å². The molecule has 9 heteroatoms. The number of hydrogen-bond acceptors (Lipinski definition) is 7. The average molecular weight is 599 g/mol. The molecule has 2 fully saturated rings. The lowest BCUT2D eigenvalue weighted by Crippen LogP contribution is -2.40. The van der Waals surface area contributed by atoms with Gasteiger partial charge in [0, 0.05) is 43.7 Å². The number of urea groups is 1. The van der Waals surface area contributed by atoms with Crippen molar-refractivity contribution in [3.05, 3.63) is 59.7 Å². The number of thioether (sulfide) groups is 1. The SMILES string of the molecule is COC(=O)CCCCCOCCCCC[C@@H]1SC[C@H]2[C@@H]1N(Cc1ccc(OC)cc1)C(=O)N2Cc1ccc(OC)cc1. The van der Waals surface area contributed by atoms with Gasteiger partial charge in [0.15, 0.2) is 0 Å². The Kier molecular flexibility index (Phi) is 12.7. The Labute approximate surface area is 255 Å². The van der Waals surface area contributed by atoms with Gasteiger partial charge in [-0.3, -0.25) is 4.79 Å². The van der Waals surface area contributed by atoms with E-state index in [1.807, 2.05) is 36.0 Å². The van der Waals surface area contributed by atoms with Crippen LogP contribution in [-0.4, -0.2) is 79.4 Å². The first kappa shape index (κ1) is 32.0. The standard InChI is InChI=1S/C33H46N2O6S/c1-38-27-16-12-25(13-17-27)22-34-29-24-42-30(10-6-4-8-20-41-21-9-5-7-11-31(36)40-3)32(29)35(33(34)37)23-26-14-18-28(39-2)19-15-26/h12-19,29-30,32H,4-11,20-24H2,1-3H3/t29-,30-,32-/m0/s1. The van der Waals surface area contributed by atoms with E-state index in [-0.39, 0.29) is 24.1 Å². The summed E-state index contributed by atoms with van der Waals surface area (Å²) in [6, 6.07) is 16.6. The van der Waals surface area contributed by atoms with E-state index in [0.29, 0.717) is 24.8 Å². The van der Waals surface area contributed by atoms with Gasteiger partial charge in [0.05, 0.1) is 33.4 Å². The molecule has 2 heterocycles. The topological polar surface area (TPSA) is 77.5 Å². The monoisotopic (exact) mass is 598 g/mol. The predicted octanol–water partition coefficient (Wildman–Crippen LogP) is 6.30. The molecule has 2 aromatic rings. The summed E-state index contributed by atoms with van der Waals surface area (Å²) in [7, 11) is 4.77. The highest BCUT2D eigenvalue weighted by molar-refractivity contribution is 8.00. The number of benzene rings is 2. The number of carbonyl (C=O) groups is 2. The highest BCUT2D eigenvalue weighted by atomic mass is 32.2. The first-order chi connectivity index (χ1) is 20.5. The molecule has 2 aliphatic rings. The summed E-state index contributed by atoms with van der Waals surface area (Å²) in [4.78, 5) is 29.2. The van der Waals surface area contributed by atoms with Crippen molar-refractivity contribution in [3.8, 4) is 11.5 Å². The van der Waals surface area contributed by atoms with Crippen LogP contribution in [0.15, 0.2) is 48.5 Å². The number of hydrogen-bond donors (Lipinski definition) is 0. The van der Waals surface area contributed by atoms with Crippen molar-refractivity contribution in [2.75, 3.05) is 40.3 Å². The maximum absolute atomic E-state index is 13.9. The average Bonchev–Trinajstić information content (AvgIpc) is 3.54. The lowest BCUT2D eigenvalue weighted by molar-refractivity contribution is -0.140. The van der Waals surface area contributed by atoms with E-state index in [2.05, 4.69) is 38.8 Å². The minimum atomic E-state index is -0.140. The van der Waals surface area contributed by atoms with Crippen LogP contribution in [0.25, 0.3) is 0 Å². The summed E-state index contributed by atoms with van der Waals surface area (Å²) < 4.78 is 21.1. The second-order valence-electron chi connectivity index (χ2n) is 11.0. The molecular weight excluding hydrogens is 552 g/mol. The Balaban J connectivity index is 1.28. The van der Waals surface area contributed by atoms with Crippen molar-refractivity contribution >= 4 is 23.8 Å². The van der Waals surface area contributed by atoms with Crippen molar-refractivity contribution in [1.82, 2.24) is 9.80 Å². The second kappa shape index (κ2) is 16.7. The minimum absolute atomic E-state index is 0.127. The van der Waals surface area contributed by atoms with Gasteiger partial charge in [-0.05, 0) is 61.1 Å². The highest BCUT2D eigenvalue weighted by Gasteiger charge is 2.52. The third-order valence-electron chi connectivity index (χ3n) is 8.21. The molecule has 2 amide bonds. The number of unbranched alkanes of at least 4 members (excludes halogenated alkanes) is 4. The fourth-order valence-electron chi connectivity index (χ4n) is 5.83. The third kappa shape index (κ3) is 8.80. The summed E-state index contributed by atoms with van der Waals surface area (Å²) in [6.07, 6.45) is 7.70. The maximum Gasteiger partial charge on any atom is 0.321 e. The molecule has 230 valence electrons. The van der Waals surface area contributed by atoms with Crippen LogP contribution in [0.4, 0.5) is 4.79 Å². The van der Waals surface area contributed by atoms with E-state index < -0.39 is 0 Å². The summed E-state index contributed by atoms with van der Waals surface area (Å²) in [6.45, 7) is 2.73. The first-order valence-corrected chi connectivity index (χ1v) is 16.2. The number of fused-ring (bicyclic) bond motifs is 1. The van der Waals surface area contributed by atoms with Crippen LogP contribution in [0.5, 0.6) is 11.5 Å². The van der Waals surface area contributed by atoms with Crippen LogP contribution in [0.3, 0.4) is 0 Å². The van der Waals surface area contributed by atoms with Crippen LogP contribution >= 0.6 is 11.8 Å². The fourth-order valence-corrected chi connectivity index (χ4v) is 7.51. The van der Waals surface area contributed by atoms with E-state index in [9.17, 15) is 9.59 Å². The maximum atomic E-state index is 13.9. The van der Waals surface area contributed by atoms with Gasteiger partial charge in [-0.15, -0.1) is 0 Å². The molecular formula is C33H46N2O6S. The van der Waals surface area contributed by atoms with Gasteiger partial charge in [0.2, 0.25) is 0 Å². The van der Waals surface area contributed by atoms with Gasteiger partial charge in [-0.25, -0.2) is 4.79 Å². The molecule has 0 saturated carbocycles. The quantitative estimate of drug-likeness (QED) is 0.113. The van der Waals surface area contributed by atoms with E-state index >= 15 is 0 Å². The molecule has 4 rings (SSSR count). The van der Waals surface area contributed by atoms with Crippen LogP contribution in [0, 0.1) is 0 Å². The molecule has 2 saturated heterocycles. The van der Waals surface area contributed by atoms with Crippen LogP contribution in [-0.2, 0) is 27.4 Å². The van der Waals surface area contributed by atoms with Crippen molar-refractivity contribution in [1.29, 1.82) is 0 Å². The molecule has 42 heavy (non-hydrogen) atoms. The molecule has 0 aromatic heterocycles. The second-order valence-corrected chi connectivity index (χ2v) is 12.3. The Hall–Kier alpha value is -2.91. The van der Waals surface area contributed by atoms with Crippen LogP contribution in [0.1, 0.15) is 62.5 Å².